The van der Waals surface area contributed by atoms with Crippen LogP contribution in [0.2, 0.25) is 0 Å². The van der Waals surface area contributed by atoms with Crippen molar-refractivity contribution < 1.29 is 19.4 Å². The maximum atomic E-state index is 12.8. The van der Waals surface area contributed by atoms with Crippen molar-refractivity contribution in [1.29, 1.82) is 0 Å². The summed E-state index contributed by atoms with van der Waals surface area (Å²) in [6.07, 6.45) is 3.38. The van der Waals surface area contributed by atoms with Gasteiger partial charge in [-0.05, 0) is 41.5 Å². The summed E-state index contributed by atoms with van der Waals surface area (Å²) in [6.45, 7) is -0.0981. The summed E-state index contributed by atoms with van der Waals surface area (Å²) in [6, 6.07) is 22.1. The molecule has 4 rings (SSSR count). The van der Waals surface area contributed by atoms with Gasteiger partial charge in [-0.3, -0.25) is 14.2 Å². The minimum Gasteiger partial charge on any atom is -0.493 e. The maximum absolute atomic E-state index is 12.8. The standard InChI is InChI=1S/C26H22N2O5/c1-32-22-13-11-18(15-23(22)33-17-19-7-3-2-4-8-19)12-14-24-27-21-10-6-5-9-20(21)26(31)28(24)16-25(29)30/h2-15H,16-17H2,1H3,(H,29,30). The molecule has 33 heavy (non-hydrogen) atoms. The van der Waals surface area contributed by atoms with Crippen molar-refractivity contribution in [3.05, 3.63) is 100 Å². The summed E-state index contributed by atoms with van der Waals surface area (Å²) in [4.78, 5) is 28.7. The molecule has 0 atom stereocenters. The van der Waals surface area contributed by atoms with E-state index in [9.17, 15) is 14.7 Å². The topological polar surface area (TPSA) is 90.7 Å². The van der Waals surface area contributed by atoms with Gasteiger partial charge in [0.05, 0.1) is 18.0 Å². The molecule has 0 aliphatic heterocycles. The van der Waals surface area contributed by atoms with Gasteiger partial charge in [-0.1, -0.05) is 54.6 Å². The second-order valence-electron chi connectivity index (χ2n) is 7.29. The molecule has 0 amide bonds. The molecule has 7 heteroatoms. The Kier molecular flexibility index (Phi) is 6.50. The third-order valence-electron chi connectivity index (χ3n) is 5.03. The number of nitrogens with zero attached hydrogens (tertiary/aromatic N) is 2. The van der Waals surface area contributed by atoms with E-state index in [4.69, 9.17) is 9.47 Å². The number of ether oxygens (including phenoxy) is 2. The Morgan fingerprint density at radius 1 is 1.00 bits per heavy atom. The average molecular weight is 442 g/mol. The van der Waals surface area contributed by atoms with Gasteiger partial charge in [0, 0.05) is 0 Å². The Morgan fingerprint density at radius 3 is 2.52 bits per heavy atom. The van der Waals surface area contributed by atoms with E-state index in [1.54, 1.807) is 49.6 Å². The number of para-hydroxylation sites is 1. The first-order valence-corrected chi connectivity index (χ1v) is 10.3. The highest BCUT2D eigenvalue weighted by molar-refractivity contribution is 5.80. The van der Waals surface area contributed by atoms with E-state index in [-0.39, 0.29) is 5.82 Å². The molecule has 0 aliphatic carbocycles. The molecule has 0 radical (unpaired) electrons. The molecule has 1 N–H and O–H groups in total. The summed E-state index contributed by atoms with van der Waals surface area (Å²) in [7, 11) is 1.57. The molecule has 0 saturated heterocycles. The van der Waals surface area contributed by atoms with Crippen LogP contribution in [0.4, 0.5) is 0 Å². The summed E-state index contributed by atoms with van der Waals surface area (Å²) < 4.78 is 12.5. The van der Waals surface area contributed by atoms with Gasteiger partial charge >= 0.3 is 5.97 Å². The van der Waals surface area contributed by atoms with Gasteiger partial charge in [-0.15, -0.1) is 0 Å². The molecule has 4 aromatic rings. The van der Waals surface area contributed by atoms with E-state index < -0.39 is 18.1 Å². The first-order chi connectivity index (χ1) is 16.0. The molecular weight excluding hydrogens is 420 g/mol. The lowest BCUT2D eigenvalue weighted by Gasteiger charge is -2.12. The molecular formula is C26H22N2O5. The predicted molar refractivity (Wildman–Crippen MR) is 126 cm³/mol. The number of carbonyl (C=O) groups is 1. The van der Waals surface area contributed by atoms with Crippen LogP contribution in [0.15, 0.2) is 77.6 Å². The van der Waals surface area contributed by atoms with Crippen LogP contribution in [0, 0.1) is 0 Å². The molecule has 0 aliphatic rings. The van der Waals surface area contributed by atoms with Crippen LogP contribution in [0.3, 0.4) is 0 Å². The third-order valence-corrected chi connectivity index (χ3v) is 5.03. The Bertz CT molecular complexity index is 1380. The van der Waals surface area contributed by atoms with E-state index in [1.807, 2.05) is 42.5 Å². The molecule has 166 valence electrons. The Balaban J connectivity index is 1.67. The summed E-state index contributed by atoms with van der Waals surface area (Å²) in [5.41, 5.74) is 1.91. The number of rotatable bonds is 8. The van der Waals surface area contributed by atoms with Gasteiger partial charge in [0.2, 0.25) is 0 Å². The van der Waals surface area contributed by atoms with Gasteiger partial charge in [0.25, 0.3) is 5.56 Å². The first-order valence-electron chi connectivity index (χ1n) is 10.3. The molecule has 1 aromatic heterocycles. The van der Waals surface area contributed by atoms with Crippen LogP contribution in [0.1, 0.15) is 17.0 Å². The van der Waals surface area contributed by atoms with Crippen molar-refractivity contribution >= 4 is 29.0 Å². The lowest BCUT2D eigenvalue weighted by molar-refractivity contribution is -0.137. The number of carboxylic acids is 1. The van der Waals surface area contributed by atoms with Crippen molar-refractivity contribution in [2.24, 2.45) is 0 Å². The number of hydrogen-bond acceptors (Lipinski definition) is 5. The highest BCUT2D eigenvalue weighted by atomic mass is 16.5. The number of fused-ring (bicyclic) bond motifs is 1. The van der Waals surface area contributed by atoms with Crippen LogP contribution in [-0.4, -0.2) is 27.7 Å². The lowest BCUT2D eigenvalue weighted by Crippen LogP contribution is -2.27. The molecule has 3 aromatic carbocycles. The molecule has 0 fully saturated rings. The predicted octanol–water partition coefficient (Wildman–Crippen LogP) is 4.24. The number of methoxy groups -OCH3 is 1. The number of aliphatic carboxylic acids is 1. The first kappa shape index (κ1) is 21.8. The smallest absolute Gasteiger partial charge is 0.323 e. The van der Waals surface area contributed by atoms with Crippen molar-refractivity contribution in [3.8, 4) is 11.5 Å². The Morgan fingerprint density at radius 2 is 1.76 bits per heavy atom. The number of carboxylic acid groups (broad SMARTS) is 1. The second kappa shape index (κ2) is 9.82. The van der Waals surface area contributed by atoms with Crippen molar-refractivity contribution in [3.63, 3.8) is 0 Å². The van der Waals surface area contributed by atoms with Gasteiger partial charge < -0.3 is 14.6 Å². The molecule has 1 heterocycles. The number of benzene rings is 3. The second-order valence-corrected chi connectivity index (χ2v) is 7.29. The normalized spacial score (nSPS) is 11.1. The Labute approximate surface area is 190 Å². The zero-order valence-electron chi connectivity index (χ0n) is 18.0. The minimum atomic E-state index is -1.12. The molecule has 0 saturated carbocycles. The fourth-order valence-electron chi connectivity index (χ4n) is 3.42. The third kappa shape index (κ3) is 5.10. The Hall–Kier alpha value is -4.39. The largest absolute Gasteiger partial charge is 0.493 e. The number of hydrogen-bond donors (Lipinski definition) is 1. The monoisotopic (exact) mass is 442 g/mol. The lowest BCUT2D eigenvalue weighted by atomic mass is 10.1. The van der Waals surface area contributed by atoms with Crippen LogP contribution in [0.25, 0.3) is 23.1 Å². The van der Waals surface area contributed by atoms with Crippen LogP contribution in [0.5, 0.6) is 11.5 Å². The van der Waals surface area contributed by atoms with Crippen LogP contribution in [-0.2, 0) is 17.9 Å². The zero-order valence-corrected chi connectivity index (χ0v) is 18.0. The van der Waals surface area contributed by atoms with E-state index >= 15 is 0 Å². The van der Waals surface area contributed by atoms with Gasteiger partial charge in [0.1, 0.15) is 19.0 Å². The van der Waals surface area contributed by atoms with Crippen molar-refractivity contribution in [2.45, 2.75) is 13.2 Å². The summed E-state index contributed by atoms with van der Waals surface area (Å²) >= 11 is 0. The van der Waals surface area contributed by atoms with E-state index in [2.05, 4.69) is 4.98 Å². The highest BCUT2D eigenvalue weighted by Crippen LogP contribution is 2.29. The fourth-order valence-corrected chi connectivity index (χ4v) is 3.42. The van der Waals surface area contributed by atoms with Gasteiger partial charge in [-0.2, -0.15) is 0 Å². The van der Waals surface area contributed by atoms with E-state index in [0.29, 0.717) is 29.0 Å². The summed E-state index contributed by atoms with van der Waals surface area (Å²) in [5, 5.41) is 9.65. The quantitative estimate of drug-likeness (QED) is 0.439. The zero-order chi connectivity index (χ0) is 23.2. The van der Waals surface area contributed by atoms with Gasteiger partial charge in [0.15, 0.2) is 11.5 Å². The van der Waals surface area contributed by atoms with Crippen molar-refractivity contribution in [2.75, 3.05) is 7.11 Å². The van der Waals surface area contributed by atoms with Crippen LogP contribution < -0.4 is 15.0 Å². The molecule has 0 spiro atoms. The summed E-state index contributed by atoms with van der Waals surface area (Å²) in [5.74, 6) is 0.293. The molecule has 0 bridgehead atoms. The van der Waals surface area contributed by atoms with Crippen LogP contribution >= 0.6 is 0 Å². The van der Waals surface area contributed by atoms with Gasteiger partial charge in [-0.25, -0.2) is 4.98 Å². The van der Waals surface area contributed by atoms with E-state index in [0.717, 1.165) is 15.7 Å². The number of aromatic nitrogens is 2. The minimum absolute atomic E-state index is 0.253. The maximum Gasteiger partial charge on any atom is 0.323 e. The highest BCUT2D eigenvalue weighted by Gasteiger charge is 2.12. The average Bonchev–Trinajstić information content (AvgIpc) is 2.84. The van der Waals surface area contributed by atoms with E-state index in [1.165, 1.54) is 0 Å². The molecule has 7 nitrogen and oxygen atoms in total. The SMILES string of the molecule is COc1ccc(C=Cc2nc3ccccc3c(=O)n2CC(=O)O)cc1OCc1ccccc1. The van der Waals surface area contributed by atoms with Crippen molar-refractivity contribution in [1.82, 2.24) is 9.55 Å². The molecule has 0 unspecified atom stereocenters. The fraction of sp³-hybridized carbons (Fsp3) is 0.115.